The molecule has 0 unspecified atom stereocenters. The van der Waals surface area contributed by atoms with Crippen LogP contribution in [0.25, 0.3) is 16.7 Å². The van der Waals surface area contributed by atoms with E-state index in [2.05, 4.69) is 4.98 Å². The fourth-order valence-electron chi connectivity index (χ4n) is 2.69. The number of fused-ring (bicyclic) bond motifs is 1. The number of ether oxygens (including phenoxy) is 1. The summed E-state index contributed by atoms with van der Waals surface area (Å²) >= 11 is 0. The summed E-state index contributed by atoms with van der Waals surface area (Å²) in [7, 11) is 0. The molecule has 0 aliphatic carbocycles. The van der Waals surface area contributed by atoms with Crippen LogP contribution in [0.1, 0.15) is 37.7 Å². The van der Waals surface area contributed by atoms with Crippen molar-refractivity contribution in [1.29, 1.82) is 5.41 Å². The molecule has 0 spiro atoms. The summed E-state index contributed by atoms with van der Waals surface area (Å²) in [6.45, 7) is 3.53. The van der Waals surface area contributed by atoms with E-state index in [1.807, 2.05) is 0 Å². The van der Waals surface area contributed by atoms with Crippen molar-refractivity contribution in [2.45, 2.75) is 13.8 Å². The third-order valence-electron chi connectivity index (χ3n) is 4.02. The molecule has 2 N–H and O–H groups in total. The first-order chi connectivity index (χ1) is 12.1. The Balaban J connectivity index is 2.00. The molecule has 6 heteroatoms. The van der Waals surface area contributed by atoms with E-state index >= 15 is 0 Å². The summed E-state index contributed by atoms with van der Waals surface area (Å²) in [6, 6.07) is 5.17. The maximum absolute atomic E-state index is 11.1. The number of carbonyl (C=O) groups excluding carboxylic acids is 2. The van der Waals surface area contributed by atoms with Crippen molar-refractivity contribution in [3.63, 3.8) is 0 Å². The van der Waals surface area contributed by atoms with E-state index < -0.39 is 0 Å². The van der Waals surface area contributed by atoms with Gasteiger partial charge in [0.2, 0.25) is 0 Å². The molecule has 0 aliphatic rings. The van der Waals surface area contributed by atoms with Gasteiger partial charge in [-0.25, -0.2) is 0 Å². The maximum atomic E-state index is 11.1. The molecular weight excluding hydrogens is 320 g/mol. The SMILES string of the molecule is Cc1oc2cc(O/C(=C/C=N)c3[nH]cc(C=O)c3C)ccc2c1C=O. The Morgan fingerprint density at radius 1 is 1.24 bits per heavy atom. The molecule has 0 saturated carbocycles. The molecule has 0 amide bonds. The van der Waals surface area contributed by atoms with Crippen molar-refractivity contribution in [2.24, 2.45) is 0 Å². The lowest BCUT2D eigenvalue weighted by Gasteiger charge is -2.09. The smallest absolute Gasteiger partial charge is 0.154 e. The van der Waals surface area contributed by atoms with Gasteiger partial charge >= 0.3 is 0 Å². The van der Waals surface area contributed by atoms with Gasteiger partial charge in [-0.2, -0.15) is 0 Å². The second-order valence-corrected chi connectivity index (χ2v) is 5.51. The van der Waals surface area contributed by atoms with Crippen LogP contribution in [0.5, 0.6) is 5.75 Å². The Bertz CT molecular complexity index is 1010. The number of hydrogen-bond acceptors (Lipinski definition) is 5. The number of aromatic nitrogens is 1. The number of nitrogens with one attached hydrogen (secondary N) is 2. The van der Waals surface area contributed by atoms with Crippen LogP contribution in [0.2, 0.25) is 0 Å². The molecule has 6 nitrogen and oxygen atoms in total. The van der Waals surface area contributed by atoms with Gasteiger partial charge in [0.15, 0.2) is 18.3 Å². The first-order valence-electron chi connectivity index (χ1n) is 7.59. The van der Waals surface area contributed by atoms with E-state index in [-0.39, 0.29) is 0 Å². The van der Waals surface area contributed by atoms with Gasteiger partial charge in [0.25, 0.3) is 0 Å². The van der Waals surface area contributed by atoms with Crippen molar-refractivity contribution < 1.29 is 18.7 Å². The van der Waals surface area contributed by atoms with Crippen LogP contribution < -0.4 is 4.74 Å². The zero-order valence-corrected chi connectivity index (χ0v) is 13.8. The minimum atomic E-state index is 0.402. The summed E-state index contributed by atoms with van der Waals surface area (Å²) in [5, 5.41) is 8.05. The quantitative estimate of drug-likeness (QED) is 0.403. The summed E-state index contributed by atoms with van der Waals surface area (Å²) in [5.74, 6) is 1.44. The molecule has 2 heterocycles. The molecule has 25 heavy (non-hydrogen) atoms. The van der Waals surface area contributed by atoms with Gasteiger partial charge in [-0.1, -0.05) is 0 Å². The fraction of sp³-hybridized carbons (Fsp3) is 0.105. The molecule has 1 aromatic carbocycles. The minimum Gasteiger partial charge on any atom is -0.460 e. The highest BCUT2D eigenvalue weighted by Crippen LogP contribution is 2.30. The molecule has 0 aliphatic heterocycles. The lowest BCUT2D eigenvalue weighted by atomic mass is 10.1. The van der Waals surface area contributed by atoms with E-state index in [1.165, 1.54) is 6.08 Å². The van der Waals surface area contributed by atoms with Crippen LogP contribution in [0.3, 0.4) is 0 Å². The van der Waals surface area contributed by atoms with E-state index in [4.69, 9.17) is 14.6 Å². The van der Waals surface area contributed by atoms with Gasteiger partial charge in [-0.15, -0.1) is 0 Å². The highest BCUT2D eigenvalue weighted by Gasteiger charge is 2.15. The topological polar surface area (TPSA) is 96.2 Å². The molecule has 126 valence electrons. The molecule has 0 fully saturated rings. The number of rotatable bonds is 6. The second-order valence-electron chi connectivity index (χ2n) is 5.51. The monoisotopic (exact) mass is 336 g/mol. The zero-order chi connectivity index (χ0) is 18.0. The van der Waals surface area contributed by atoms with E-state index in [1.54, 1.807) is 38.2 Å². The van der Waals surface area contributed by atoms with Gasteiger partial charge in [0, 0.05) is 35.5 Å². The Morgan fingerprint density at radius 3 is 2.68 bits per heavy atom. The minimum absolute atomic E-state index is 0.402. The van der Waals surface area contributed by atoms with Gasteiger partial charge in [-0.05, 0) is 31.5 Å². The third kappa shape index (κ3) is 2.89. The number of aldehydes is 2. The summed E-state index contributed by atoms with van der Waals surface area (Å²) in [6.07, 6.45) is 5.72. The second kappa shape index (κ2) is 6.60. The Labute approximate surface area is 143 Å². The maximum Gasteiger partial charge on any atom is 0.154 e. The zero-order valence-electron chi connectivity index (χ0n) is 13.8. The number of furan rings is 1. The van der Waals surface area contributed by atoms with E-state index in [0.717, 1.165) is 29.7 Å². The highest BCUT2D eigenvalue weighted by atomic mass is 16.5. The molecule has 0 radical (unpaired) electrons. The molecule has 0 atom stereocenters. The first-order valence-corrected chi connectivity index (χ1v) is 7.59. The number of H-pyrrole nitrogens is 1. The van der Waals surface area contributed by atoms with Gasteiger partial charge in [-0.3, -0.25) is 9.59 Å². The Morgan fingerprint density at radius 2 is 2.04 bits per heavy atom. The van der Waals surface area contributed by atoms with Crippen LogP contribution in [-0.4, -0.2) is 23.8 Å². The van der Waals surface area contributed by atoms with Crippen LogP contribution in [0.15, 0.2) is 34.9 Å². The average Bonchev–Trinajstić information content (AvgIpc) is 3.12. The van der Waals surface area contributed by atoms with Crippen molar-refractivity contribution in [3.05, 3.63) is 58.6 Å². The molecule has 3 aromatic rings. The number of carbonyl (C=O) groups is 2. The van der Waals surface area contributed by atoms with Gasteiger partial charge in [0.1, 0.15) is 17.1 Å². The van der Waals surface area contributed by atoms with Crippen LogP contribution in [0.4, 0.5) is 0 Å². The Hall–Kier alpha value is -3.41. The summed E-state index contributed by atoms with van der Waals surface area (Å²) in [4.78, 5) is 25.2. The van der Waals surface area contributed by atoms with Gasteiger partial charge in [0.05, 0.1) is 11.3 Å². The van der Waals surface area contributed by atoms with Crippen molar-refractivity contribution in [1.82, 2.24) is 4.98 Å². The van der Waals surface area contributed by atoms with Crippen molar-refractivity contribution in [3.8, 4) is 5.75 Å². The highest BCUT2D eigenvalue weighted by molar-refractivity contribution is 5.98. The number of aromatic amines is 1. The van der Waals surface area contributed by atoms with E-state index in [0.29, 0.717) is 39.7 Å². The molecule has 0 bridgehead atoms. The van der Waals surface area contributed by atoms with E-state index in [9.17, 15) is 9.59 Å². The summed E-state index contributed by atoms with van der Waals surface area (Å²) < 4.78 is 11.5. The predicted molar refractivity (Wildman–Crippen MR) is 94.6 cm³/mol. The van der Waals surface area contributed by atoms with Crippen LogP contribution in [0, 0.1) is 19.3 Å². The normalized spacial score (nSPS) is 11.5. The average molecular weight is 336 g/mol. The summed E-state index contributed by atoms with van der Waals surface area (Å²) in [5.41, 5.74) is 2.95. The largest absolute Gasteiger partial charge is 0.460 e. The standard InChI is InChI=1S/C19H16N2O4/c1-11-13(9-22)8-21-19(11)17(5-6-20)25-14-3-4-15-16(10-23)12(2)24-18(15)7-14/h3-10,20-21H,1-2H3/b17-5+,20-6?. The van der Waals surface area contributed by atoms with Crippen LogP contribution in [-0.2, 0) is 0 Å². The fourth-order valence-corrected chi connectivity index (χ4v) is 2.69. The van der Waals surface area contributed by atoms with Crippen molar-refractivity contribution >= 4 is 35.5 Å². The molecule has 3 rings (SSSR count). The predicted octanol–water partition coefficient (Wildman–Crippen LogP) is 4.07. The number of allylic oxidation sites excluding steroid dienone is 1. The third-order valence-corrected chi connectivity index (χ3v) is 4.02. The molecular formula is C19H16N2O4. The number of benzene rings is 1. The first kappa shape index (κ1) is 16.4. The Kier molecular flexibility index (Phi) is 4.35. The number of hydrogen-bond donors (Lipinski definition) is 2. The van der Waals surface area contributed by atoms with Crippen LogP contribution >= 0.6 is 0 Å². The van der Waals surface area contributed by atoms with Crippen molar-refractivity contribution in [2.75, 3.05) is 0 Å². The lowest BCUT2D eigenvalue weighted by molar-refractivity contribution is 0.111. The number of aryl methyl sites for hydroxylation is 1. The molecule has 2 aromatic heterocycles. The lowest BCUT2D eigenvalue weighted by Crippen LogP contribution is -1.98. The molecule has 0 saturated heterocycles. The van der Waals surface area contributed by atoms with Gasteiger partial charge < -0.3 is 19.5 Å².